The van der Waals surface area contributed by atoms with Crippen molar-refractivity contribution in [2.45, 2.75) is 44.9 Å². The molecule has 1 aliphatic rings. The van der Waals surface area contributed by atoms with Crippen LogP contribution in [0.4, 0.5) is 4.39 Å². The van der Waals surface area contributed by atoms with Crippen LogP contribution in [0.3, 0.4) is 0 Å². The van der Waals surface area contributed by atoms with Crippen LogP contribution in [0.15, 0.2) is 54.7 Å². The van der Waals surface area contributed by atoms with Gasteiger partial charge < -0.3 is 14.2 Å². The van der Waals surface area contributed by atoms with Crippen LogP contribution in [0.1, 0.15) is 42.6 Å². The molecule has 4 nitrogen and oxygen atoms in total. The lowest BCUT2D eigenvalue weighted by atomic mass is 9.92. The van der Waals surface area contributed by atoms with E-state index in [-0.39, 0.29) is 23.4 Å². The average Bonchev–Trinajstić information content (AvgIpc) is 3.11. The molecule has 0 N–H and O–H groups in total. The second kappa shape index (κ2) is 7.64. The first-order valence-electron chi connectivity index (χ1n) is 10.1. The molecule has 0 radical (unpaired) electrons. The Hall–Kier alpha value is -2.66. The normalized spacial score (nSPS) is 18.7. The predicted molar refractivity (Wildman–Crippen MR) is 113 cm³/mol. The maximum absolute atomic E-state index is 13.9. The molecule has 29 heavy (non-hydrogen) atoms. The first kappa shape index (κ1) is 19.6. The van der Waals surface area contributed by atoms with E-state index in [9.17, 15) is 9.18 Å². The lowest BCUT2D eigenvalue weighted by Gasteiger charge is -2.39. The minimum Gasteiger partial charge on any atom is -0.375 e. The first-order chi connectivity index (χ1) is 13.8. The van der Waals surface area contributed by atoms with Gasteiger partial charge in [0, 0.05) is 43.4 Å². The molecule has 1 aromatic heterocycles. The predicted octanol–water partition coefficient (Wildman–Crippen LogP) is 4.86. The number of hydrogen-bond acceptors (Lipinski definition) is 2. The highest BCUT2D eigenvalue weighted by Crippen LogP contribution is 2.27. The van der Waals surface area contributed by atoms with Crippen molar-refractivity contribution in [1.29, 1.82) is 0 Å². The van der Waals surface area contributed by atoms with Gasteiger partial charge in [0.15, 0.2) is 0 Å². The number of rotatable bonds is 4. The smallest absolute Gasteiger partial charge is 0.253 e. The number of halogens is 1. The van der Waals surface area contributed by atoms with E-state index in [1.54, 1.807) is 12.1 Å². The van der Waals surface area contributed by atoms with Crippen molar-refractivity contribution in [2.24, 2.45) is 0 Å². The standard InChI is InChI=1S/C24H27FN2O2/c1-24(2)15-19(12-14-29-24)26(3)23(28)18-9-7-17(8-10-18)16-27-13-11-20-21(25)5-4-6-22(20)27/h4-11,13,19H,12,14-16H2,1-3H3. The van der Waals surface area contributed by atoms with Crippen LogP contribution >= 0.6 is 0 Å². The van der Waals surface area contributed by atoms with Crippen LogP contribution in [0.25, 0.3) is 10.9 Å². The van der Waals surface area contributed by atoms with Gasteiger partial charge in [-0.1, -0.05) is 18.2 Å². The van der Waals surface area contributed by atoms with E-state index in [0.717, 1.165) is 23.9 Å². The SMILES string of the molecule is CN(C(=O)c1ccc(Cn2ccc3c(F)cccc32)cc1)C1CCOC(C)(C)C1. The summed E-state index contributed by atoms with van der Waals surface area (Å²) in [5.74, 6) is -0.172. The molecule has 2 heterocycles. The number of nitrogens with zero attached hydrogens (tertiary/aromatic N) is 2. The number of carbonyl (C=O) groups is 1. The largest absolute Gasteiger partial charge is 0.375 e. The molecule has 0 aliphatic carbocycles. The fourth-order valence-corrected chi connectivity index (χ4v) is 4.17. The van der Waals surface area contributed by atoms with E-state index >= 15 is 0 Å². The van der Waals surface area contributed by atoms with Gasteiger partial charge in [0.1, 0.15) is 5.82 Å². The molecule has 0 bridgehead atoms. The summed E-state index contributed by atoms with van der Waals surface area (Å²) in [6.45, 7) is 5.46. The van der Waals surface area contributed by atoms with Gasteiger partial charge >= 0.3 is 0 Å². The summed E-state index contributed by atoms with van der Waals surface area (Å²) in [5, 5.41) is 0.625. The third kappa shape index (κ3) is 4.06. The zero-order valence-corrected chi connectivity index (χ0v) is 17.2. The molecule has 0 saturated carbocycles. The lowest BCUT2D eigenvalue weighted by Crippen LogP contribution is -2.46. The maximum Gasteiger partial charge on any atom is 0.253 e. The highest BCUT2D eigenvalue weighted by atomic mass is 19.1. The first-order valence-corrected chi connectivity index (χ1v) is 10.1. The van der Waals surface area contributed by atoms with Crippen molar-refractivity contribution in [2.75, 3.05) is 13.7 Å². The summed E-state index contributed by atoms with van der Waals surface area (Å²) in [7, 11) is 1.88. The van der Waals surface area contributed by atoms with Gasteiger partial charge in [0.05, 0.1) is 11.1 Å². The fraction of sp³-hybridized carbons (Fsp3) is 0.375. The summed E-state index contributed by atoms with van der Waals surface area (Å²) in [5.41, 5.74) is 2.43. The van der Waals surface area contributed by atoms with E-state index in [1.165, 1.54) is 6.07 Å². The third-order valence-electron chi connectivity index (χ3n) is 5.85. The molecular formula is C24H27FN2O2. The summed E-state index contributed by atoms with van der Waals surface area (Å²) in [6, 6.07) is 14.8. The number of amides is 1. The number of ether oxygens (including phenoxy) is 1. The van der Waals surface area contributed by atoms with Crippen molar-refractivity contribution < 1.29 is 13.9 Å². The number of carbonyl (C=O) groups excluding carboxylic acids is 1. The molecule has 1 amide bonds. The minimum atomic E-state index is -0.207. The van der Waals surface area contributed by atoms with Crippen LogP contribution in [0.5, 0.6) is 0 Å². The molecule has 1 saturated heterocycles. The molecule has 3 aromatic rings. The minimum absolute atomic E-state index is 0.0349. The number of benzene rings is 2. The molecule has 5 heteroatoms. The van der Waals surface area contributed by atoms with Gasteiger partial charge in [-0.15, -0.1) is 0 Å². The van der Waals surface area contributed by atoms with Crippen LogP contribution < -0.4 is 0 Å². The van der Waals surface area contributed by atoms with Crippen molar-refractivity contribution >= 4 is 16.8 Å². The summed E-state index contributed by atoms with van der Waals surface area (Å²) < 4.78 is 21.7. The molecule has 2 aromatic carbocycles. The molecular weight excluding hydrogens is 367 g/mol. The maximum atomic E-state index is 13.9. The Morgan fingerprint density at radius 3 is 2.69 bits per heavy atom. The van der Waals surface area contributed by atoms with Crippen LogP contribution in [-0.4, -0.2) is 40.7 Å². The van der Waals surface area contributed by atoms with Crippen molar-refractivity contribution in [3.63, 3.8) is 0 Å². The molecule has 1 unspecified atom stereocenters. The Kier molecular flexibility index (Phi) is 5.17. The van der Waals surface area contributed by atoms with Gasteiger partial charge in [0.2, 0.25) is 0 Å². The Labute approximate surface area is 170 Å². The number of aromatic nitrogens is 1. The van der Waals surface area contributed by atoms with E-state index in [0.29, 0.717) is 24.1 Å². The van der Waals surface area contributed by atoms with E-state index in [4.69, 9.17) is 4.74 Å². The van der Waals surface area contributed by atoms with Gasteiger partial charge in [-0.2, -0.15) is 0 Å². The highest BCUT2D eigenvalue weighted by Gasteiger charge is 2.32. The molecule has 1 atom stereocenters. The Morgan fingerprint density at radius 2 is 1.97 bits per heavy atom. The van der Waals surface area contributed by atoms with Crippen LogP contribution in [0.2, 0.25) is 0 Å². The van der Waals surface area contributed by atoms with E-state index < -0.39 is 0 Å². The van der Waals surface area contributed by atoms with Gasteiger partial charge in [-0.25, -0.2) is 4.39 Å². The molecule has 152 valence electrons. The van der Waals surface area contributed by atoms with Gasteiger partial charge in [-0.05, 0) is 62.6 Å². The molecule has 1 fully saturated rings. The second-order valence-electron chi connectivity index (χ2n) is 8.48. The molecule has 4 rings (SSSR count). The quantitative estimate of drug-likeness (QED) is 0.633. The van der Waals surface area contributed by atoms with Gasteiger partial charge in [0.25, 0.3) is 5.91 Å². The fourth-order valence-electron chi connectivity index (χ4n) is 4.17. The summed E-state index contributed by atoms with van der Waals surface area (Å²) in [4.78, 5) is 14.8. The highest BCUT2D eigenvalue weighted by molar-refractivity contribution is 5.94. The van der Waals surface area contributed by atoms with Crippen molar-refractivity contribution in [3.05, 3.63) is 71.7 Å². The Bertz CT molecular complexity index is 1020. The summed E-state index contributed by atoms with van der Waals surface area (Å²) >= 11 is 0. The van der Waals surface area contributed by atoms with Crippen LogP contribution in [0, 0.1) is 5.82 Å². The zero-order chi connectivity index (χ0) is 20.6. The van der Waals surface area contributed by atoms with Gasteiger partial charge in [-0.3, -0.25) is 4.79 Å². The average molecular weight is 394 g/mol. The Morgan fingerprint density at radius 1 is 1.21 bits per heavy atom. The molecule has 0 spiro atoms. The van der Waals surface area contributed by atoms with E-state index in [1.807, 2.05) is 53.0 Å². The van der Waals surface area contributed by atoms with Crippen molar-refractivity contribution in [1.82, 2.24) is 9.47 Å². The summed E-state index contributed by atoms with van der Waals surface area (Å²) in [6.07, 6.45) is 3.60. The number of hydrogen-bond donors (Lipinski definition) is 0. The third-order valence-corrected chi connectivity index (χ3v) is 5.85. The second-order valence-corrected chi connectivity index (χ2v) is 8.48. The zero-order valence-electron chi connectivity index (χ0n) is 17.2. The number of fused-ring (bicyclic) bond motifs is 1. The Balaban J connectivity index is 1.47. The van der Waals surface area contributed by atoms with Crippen LogP contribution in [-0.2, 0) is 11.3 Å². The topological polar surface area (TPSA) is 34.5 Å². The van der Waals surface area contributed by atoms with E-state index in [2.05, 4.69) is 13.8 Å². The monoisotopic (exact) mass is 394 g/mol. The van der Waals surface area contributed by atoms with Crippen molar-refractivity contribution in [3.8, 4) is 0 Å². The molecule has 1 aliphatic heterocycles. The lowest BCUT2D eigenvalue weighted by molar-refractivity contribution is -0.0756.